The molecule has 0 bridgehead atoms. The van der Waals surface area contributed by atoms with Gasteiger partial charge in [-0.3, -0.25) is 15.0 Å². The number of nitrogens with one attached hydrogen (secondary N) is 1. The van der Waals surface area contributed by atoms with Crippen LogP contribution in [0, 0.1) is 15.9 Å². The van der Waals surface area contributed by atoms with Crippen LogP contribution in [0.3, 0.4) is 0 Å². The maximum absolute atomic E-state index is 13.3. The molecule has 1 N–H and O–H groups in total. The first kappa shape index (κ1) is 23.8. The largest absolute Gasteiger partial charge is 0.389 e. The van der Waals surface area contributed by atoms with Gasteiger partial charge in [-0.1, -0.05) is 0 Å². The molecule has 1 aromatic carbocycles. The third kappa shape index (κ3) is 6.93. The van der Waals surface area contributed by atoms with Gasteiger partial charge in [0, 0.05) is 44.2 Å². The van der Waals surface area contributed by atoms with Crippen molar-refractivity contribution >= 4 is 30.5 Å². The predicted octanol–water partition coefficient (Wildman–Crippen LogP) is 3.87. The fourth-order valence-electron chi connectivity index (χ4n) is 2.79. The summed E-state index contributed by atoms with van der Waals surface area (Å²) in [6.07, 6.45) is -5.69. The number of hydrogen-bond donors (Lipinski definition) is 1. The van der Waals surface area contributed by atoms with Crippen LogP contribution in [0.1, 0.15) is 24.4 Å². The molecule has 25 heavy (non-hydrogen) atoms. The van der Waals surface area contributed by atoms with Gasteiger partial charge in [0.05, 0.1) is 11.0 Å². The quantitative estimate of drug-likeness (QED) is 0.457. The van der Waals surface area contributed by atoms with E-state index in [0.717, 1.165) is 12.1 Å². The van der Waals surface area contributed by atoms with Crippen molar-refractivity contribution in [1.29, 1.82) is 0 Å². The first-order chi connectivity index (χ1) is 10.8. The van der Waals surface area contributed by atoms with Crippen LogP contribution >= 0.6 is 24.8 Å². The van der Waals surface area contributed by atoms with Crippen LogP contribution in [0.25, 0.3) is 0 Å². The van der Waals surface area contributed by atoms with Crippen molar-refractivity contribution in [2.24, 2.45) is 0 Å². The molecule has 0 aromatic heterocycles. The number of hydrogen-bond acceptors (Lipinski definition) is 4. The maximum atomic E-state index is 13.3. The fourth-order valence-corrected chi connectivity index (χ4v) is 2.79. The summed E-state index contributed by atoms with van der Waals surface area (Å²) in [6.45, 7) is 2.16. The molecule has 0 unspecified atom stereocenters. The number of rotatable bonds is 5. The van der Waals surface area contributed by atoms with Crippen molar-refractivity contribution in [2.75, 3.05) is 26.2 Å². The molecule has 0 amide bonds. The maximum Gasteiger partial charge on any atom is 0.389 e. The van der Waals surface area contributed by atoms with Crippen molar-refractivity contribution in [3.63, 3.8) is 0 Å². The minimum absolute atomic E-state index is 0. The van der Waals surface area contributed by atoms with E-state index in [-0.39, 0.29) is 36.8 Å². The summed E-state index contributed by atoms with van der Waals surface area (Å²) in [7, 11) is 0. The average molecular weight is 408 g/mol. The summed E-state index contributed by atoms with van der Waals surface area (Å²) < 4.78 is 51.1. The van der Waals surface area contributed by atoms with Gasteiger partial charge in [0.25, 0.3) is 5.69 Å². The molecule has 1 fully saturated rings. The van der Waals surface area contributed by atoms with E-state index >= 15 is 0 Å². The molecule has 2 rings (SSSR count). The summed E-state index contributed by atoms with van der Waals surface area (Å²) in [5, 5.41) is 14.2. The van der Waals surface area contributed by atoms with Gasteiger partial charge < -0.3 is 5.32 Å². The van der Waals surface area contributed by atoms with E-state index in [0.29, 0.717) is 26.2 Å². The Balaban J connectivity index is 0.00000288. The van der Waals surface area contributed by atoms with Gasteiger partial charge in [-0.2, -0.15) is 13.2 Å². The molecular formula is C14H19Cl2F4N3O2. The average Bonchev–Trinajstić information content (AvgIpc) is 2.48. The molecule has 1 atom stereocenters. The van der Waals surface area contributed by atoms with Crippen LogP contribution in [0.2, 0.25) is 0 Å². The zero-order valence-corrected chi connectivity index (χ0v) is 14.7. The van der Waals surface area contributed by atoms with Gasteiger partial charge in [0.15, 0.2) is 0 Å². The van der Waals surface area contributed by atoms with Crippen LogP contribution in [0.15, 0.2) is 18.2 Å². The number of nitro groups is 1. The number of halogens is 6. The first-order valence-electron chi connectivity index (χ1n) is 7.23. The second-order valence-electron chi connectivity index (χ2n) is 5.42. The number of nitro benzene ring substituents is 1. The number of alkyl halides is 3. The summed E-state index contributed by atoms with van der Waals surface area (Å²) in [5.41, 5.74) is -0.349. The van der Waals surface area contributed by atoms with Crippen LogP contribution in [-0.2, 0) is 0 Å². The lowest BCUT2D eigenvalue weighted by molar-refractivity contribution is -0.386. The Bertz CT molecular complexity index is 569. The Morgan fingerprint density at radius 3 is 2.36 bits per heavy atom. The van der Waals surface area contributed by atoms with Crippen LogP contribution in [0.5, 0.6) is 0 Å². The van der Waals surface area contributed by atoms with Crippen LogP contribution in [-0.4, -0.2) is 42.2 Å². The highest BCUT2D eigenvalue weighted by Gasteiger charge is 2.34. The molecule has 0 aliphatic carbocycles. The molecule has 1 heterocycles. The molecule has 0 spiro atoms. The standard InChI is InChI=1S/C14H17F4N3O2.2ClH/c15-10-1-2-11(13(9-10)21(22)23)12(3-4-14(16,17)18)20-7-5-19-6-8-20;;/h1-2,9,12,19H,3-8H2;2*1H/t12-;;/m1../s1. The van der Waals surface area contributed by atoms with Gasteiger partial charge in [0.2, 0.25) is 0 Å². The van der Waals surface area contributed by atoms with E-state index < -0.39 is 35.1 Å². The molecule has 5 nitrogen and oxygen atoms in total. The van der Waals surface area contributed by atoms with Crippen molar-refractivity contribution < 1.29 is 22.5 Å². The van der Waals surface area contributed by atoms with E-state index in [2.05, 4.69) is 5.32 Å². The van der Waals surface area contributed by atoms with Gasteiger partial charge in [-0.25, -0.2) is 4.39 Å². The highest BCUT2D eigenvalue weighted by atomic mass is 35.5. The lowest BCUT2D eigenvalue weighted by atomic mass is 9.97. The zero-order chi connectivity index (χ0) is 17.0. The Morgan fingerprint density at radius 2 is 1.84 bits per heavy atom. The monoisotopic (exact) mass is 407 g/mol. The summed E-state index contributed by atoms with van der Waals surface area (Å²) >= 11 is 0. The minimum Gasteiger partial charge on any atom is -0.314 e. The van der Waals surface area contributed by atoms with E-state index in [1.807, 2.05) is 0 Å². The molecule has 144 valence electrons. The second-order valence-corrected chi connectivity index (χ2v) is 5.42. The number of piperazine rings is 1. The van der Waals surface area contributed by atoms with Gasteiger partial charge >= 0.3 is 6.18 Å². The van der Waals surface area contributed by atoms with E-state index in [1.54, 1.807) is 4.90 Å². The fraction of sp³-hybridized carbons (Fsp3) is 0.571. The van der Waals surface area contributed by atoms with Crippen molar-refractivity contribution in [3.8, 4) is 0 Å². The normalized spacial score (nSPS) is 16.5. The third-order valence-corrected chi connectivity index (χ3v) is 3.84. The molecule has 1 aromatic rings. The smallest absolute Gasteiger partial charge is 0.314 e. The van der Waals surface area contributed by atoms with E-state index in [1.165, 1.54) is 6.07 Å². The molecule has 1 aliphatic heterocycles. The predicted molar refractivity (Wildman–Crippen MR) is 90.0 cm³/mol. The summed E-state index contributed by atoms with van der Waals surface area (Å²) in [5.74, 6) is -0.782. The molecular weight excluding hydrogens is 389 g/mol. The molecule has 0 radical (unpaired) electrons. The zero-order valence-electron chi connectivity index (χ0n) is 13.1. The lowest BCUT2D eigenvalue weighted by Gasteiger charge is -2.35. The first-order valence-corrected chi connectivity index (χ1v) is 7.23. The summed E-state index contributed by atoms with van der Waals surface area (Å²) in [4.78, 5) is 12.2. The lowest BCUT2D eigenvalue weighted by Crippen LogP contribution is -2.45. The topological polar surface area (TPSA) is 58.4 Å². The van der Waals surface area contributed by atoms with Crippen molar-refractivity contribution in [2.45, 2.75) is 25.1 Å². The number of benzene rings is 1. The van der Waals surface area contributed by atoms with Crippen LogP contribution < -0.4 is 5.32 Å². The van der Waals surface area contributed by atoms with Crippen molar-refractivity contribution in [3.05, 3.63) is 39.7 Å². The minimum atomic E-state index is -4.35. The Kier molecular flexibility index (Phi) is 9.63. The Morgan fingerprint density at radius 1 is 1.24 bits per heavy atom. The van der Waals surface area contributed by atoms with Crippen LogP contribution in [0.4, 0.5) is 23.2 Å². The second kappa shape index (κ2) is 10.1. The molecule has 0 saturated carbocycles. The number of nitrogens with zero attached hydrogens (tertiary/aromatic N) is 2. The van der Waals surface area contributed by atoms with Crippen molar-refractivity contribution in [1.82, 2.24) is 10.2 Å². The van der Waals surface area contributed by atoms with Gasteiger partial charge in [-0.05, 0) is 18.6 Å². The Labute approximate surface area is 154 Å². The molecule has 11 heteroatoms. The van der Waals surface area contributed by atoms with Gasteiger partial charge in [0.1, 0.15) is 5.82 Å². The van der Waals surface area contributed by atoms with E-state index in [4.69, 9.17) is 0 Å². The SMILES string of the molecule is Cl.Cl.O=[N+]([O-])c1cc(F)ccc1[C@@H](CCC(F)(F)F)N1CCNCC1. The molecule has 1 aliphatic rings. The highest BCUT2D eigenvalue weighted by molar-refractivity contribution is 5.85. The molecule has 1 saturated heterocycles. The summed E-state index contributed by atoms with van der Waals surface area (Å²) in [6, 6.07) is 2.26. The van der Waals surface area contributed by atoms with Gasteiger partial charge in [-0.15, -0.1) is 24.8 Å². The van der Waals surface area contributed by atoms with E-state index in [9.17, 15) is 27.7 Å². The highest BCUT2D eigenvalue weighted by Crippen LogP contribution is 2.36. The third-order valence-electron chi connectivity index (χ3n) is 3.84. The Hall–Kier alpha value is -1.16.